The molecule has 0 saturated heterocycles. The summed E-state index contributed by atoms with van der Waals surface area (Å²) in [6.45, 7) is 6.20. The summed E-state index contributed by atoms with van der Waals surface area (Å²) in [6.07, 6.45) is -1.57. The quantitative estimate of drug-likeness (QED) is 0.0682. The Hall–Kier alpha value is -6.91. The van der Waals surface area contributed by atoms with Crippen molar-refractivity contribution in [3.05, 3.63) is 99.5 Å². The monoisotopic (exact) mass is 929 g/mol. The average molecular weight is 930 g/mol. The first-order valence-corrected chi connectivity index (χ1v) is 21.5. The third kappa shape index (κ3) is 12.5. The number of amides is 4. The average Bonchev–Trinajstić information content (AvgIpc) is 3.29. The first kappa shape index (κ1) is 51.1. The molecule has 0 radical (unpaired) electrons. The molecule has 21 heteroatoms. The van der Waals surface area contributed by atoms with E-state index in [9.17, 15) is 49.2 Å². The number of aliphatic hydroxyl groups is 2. The number of nitrogens with one attached hydrogen (secondary N) is 3. The fourth-order valence-electron chi connectivity index (χ4n) is 7.16. The number of phenols is 1. The fourth-order valence-corrected chi connectivity index (χ4v) is 7.16. The minimum Gasteiger partial charge on any atom is -0.504 e. The summed E-state index contributed by atoms with van der Waals surface area (Å²) in [5.41, 5.74) is 18.1. The summed E-state index contributed by atoms with van der Waals surface area (Å²) >= 11 is 0. The minimum atomic E-state index is -1.69. The number of hydrogen-bond donors (Lipinski definition) is 10. The normalized spacial score (nSPS) is 17.7. The third-order valence-electron chi connectivity index (χ3n) is 11.0. The van der Waals surface area contributed by atoms with Gasteiger partial charge in [-0.1, -0.05) is 39.0 Å². The number of fused-ring (bicyclic) bond motifs is 5. The van der Waals surface area contributed by atoms with Crippen LogP contribution in [0.2, 0.25) is 0 Å². The van der Waals surface area contributed by atoms with Gasteiger partial charge in [0.05, 0.1) is 17.4 Å². The van der Waals surface area contributed by atoms with Gasteiger partial charge in [0, 0.05) is 43.8 Å². The first-order chi connectivity index (χ1) is 31.7. The topological polar surface area (TPSA) is 337 Å². The molecule has 4 aromatic rings. The van der Waals surface area contributed by atoms with Crippen molar-refractivity contribution in [3.8, 4) is 34.1 Å². The number of aliphatic carboxylic acids is 1. The van der Waals surface area contributed by atoms with Crippen LogP contribution in [-0.4, -0.2) is 135 Å². The van der Waals surface area contributed by atoms with Gasteiger partial charge in [0.25, 0.3) is 11.5 Å². The molecular weight excluding hydrogens is 871 g/mol. The van der Waals surface area contributed by atoms with Gasteiger partial charge in [-0.05, 0) is 78.4 Å². The van der Waals surface area contributed by atoms with Crippen LogP contribution < -0.4 is 48.2 Å². The Kier molecular flexibility index (Phi) is 16.8. The number of nitrogens with zero attached hydrogens (tertiary/aromatic N) is 3. The maximum atomic E-state index is 14.6. The number of ether oxygens (including phenoxy) is 2. The summed E-state index contributed by atoms with van der Waals surface area (Å²) < 4.78 is 12.9. The van der Waals surface area contributed by atoms with Gasteiger partial charge in [0.15, 0.2) is 11.5 Å². The molecule has 13 N–H and O–H groups in total. The van der Waals surface area contributed by atoms with Gasteiger partial charge in [-0.25, -0.2) is 4.79 Å². The number of carbonyl (C=O) groups excluding carboxylic acids is 4. The van der Waals surface area contributed by atoms with E-state index in [1.54, 1.807) is 12.1 Å². The number of nitrogens with two attached hydrogens (primary N) is 3. The van der Waals surface area contributed by atoms with Crippen molar-refractivity contribution in [2.45, 2.75) is 82.3 Å². The number of aliphatic hydroxyl groups excluding tert-OH is 2. The molecule has 0 aliphatic carbocycles. The molecule has 2 heterocycles. The number of aromatic nitrogens is 2. The van der Waals surface area contributed by atoms with Crippen molar-refractivity contribution < 1.29 is 53.9 Å². The molecule has 1 aromatic heterocycles. The van der Waals surface area contributed by atoms with Gasteiger partial charge in [-0.15, -0.1) is 0 Å². The Bertz CT molecular complexity index is 2510. The van der Waals surface area contributed by atoms with Crippen LogP contribution in [0.3, 0.4) is 0 Å². The Balaban J connectivity index is 1.61. The molecule has 67 heavy (non-hydrogen) atoms. The van der Waals surface area contributed by atoms with Crippen molar-refractivity contribution in [2.75, 3.05) is 39.9 Å². The van der Waals surface area contributed by atoms with Crippen LogP contribution in [0.5, 0.6) is 17.2 Å². The van der Waals surface area contributed by atoms with Crippen LogP contribution in [0.1, 0.15) is 67.2 Å². The van der Waals surface area contributed by atoms with E-state index in [1.165, 1.54) is 50.5 Å². The Morgan fingerprint density at radius 2 is 1.54 bits per heavy atom. The second-order valence-corrected chi connectivity index (χ2v) is 17.2. The minimum absolute atomic E-state index is 0.0222. The number of likely N-dealkylation sites (N-methyl/N-ethyl adjacent to an activating group) is 1. The van der Waals surface area contributed by atoms with E-state index in [0.29, 0.717) is 11.3 Å². The lowest BCUT2D eigenvalue weighted by Gasteiger charge is -2.32. The number of carboxylic acids is 1. The van der Waals surface area contributed by atoms with Gasteiger partial charge < -0.3 is 68.0 Å². The second-order valence-electron chi connectivity index (χ2n) is 17.2. The van der Waals surface area contributed by atoms with Gasteiger partial charge in [-0.3, -0.25) is 24.0 Å². The van der Waals surface area contributed by atoms with Crippen molar-refractivity contribution in [3.63, 3.8) is 0 Å². The van der Waals surface area contributed by atoms with Gasteiger partial charge in [0.2, 0.25) is 17.7 Å². The molecular formula is C46H59N9O12. The van der Waals surface area contributed by atoms with Gasteiger partial charge in [0.1, 0.15) is 55.3 Å². The van der Waals surface area contributed by atoms with Crippen LogP contribution in [0.15, 0.2) is 71.7 Å². The summed E-state index contributed by atoms with van der Waals surface area (Å²) in [7, 11) is 1.25. The standard InChI is InChI=1S/C46H59N9O12/c1-24-41(60)53-35(45(64)65)15-25-6-11-36(66-22-30(56)19-48)32(14-25)33-16-26(17-37(40(33)59)67-23-31(57)20-49)39(43(62)51-24)54(5)44(63)34(12-13-47)52-42(61)27-18-38(58)55(50-21-27)29-9-7-28(8-10-29)46(2,3)4/h6-11,14,16-18,21,24,30-31,34-35,39,56-57,59H,12-13,15,19-20,22-23,47-49H2,1-5H3,(H,51,62)(H,52,61)(H,53,60)(H,64,65)/t24-,30+,31+,34-,35-,39-/m0/s1. The molecule has 6 atom stereocenters. The van der Waals surface area contributed by atoms with Crippen LogP contribution in [-0.2, 0) is 31.0 Å². The van der Waals surface area contributed by atoms with Crippen LogP contribution in [0.25, 0.3) is 16.8 Å². The molecule has 4 amide bonds. The summed E-state index contributed by atoms with van der Waals surface area (Å²) in [5, 5.41) is 54.3. The Morgan fingerprint density at radius 1 is 0.896 bits per heavy atom. The zero-order valence-electron chi connectivity index (χ0n) is 37.9. The van der Waals surface area contributed by atoms with Crippen LogP contribution in [0.4, 0.5) is 0 Å². The maximum Gasteiger partial charge on any atom is 0.326 e. The van der Waals surface area contributed by atoms with Crippen molar-refractivity contribution in [1.82, 2.24) is 30.6 Å². The SMILES string of the molecule is C[C@@H]1NC(=O)[C@@H](N(C)C(=O)[C@H](CCN)NC(=O)c2cnn(-c3ccc(C(C)(C)C)cc3)c(=O)c2)c2cc(OC[C@H](O)CN)c(O)c(c2)-c2cc(ccc2OC[C@H](O)CN)C[C@@H](C(=O)O)NC1=O. The van der Waals surface area contributed by atoms with Gasteiger partial charge in [-0.2, -0.15) is 9.78 Å². The Morgan fingerprint density at radius 3 is 2.12 bits per heavy atom. The predicted molar refractivity (Wildman–Crippen MR) is 245 cm³/mol. The predicted octanol–water partition coefficient (Wildman–Crippen LogP) is -0.423. The van der Waals surface area contributed by atoms with E-state index in [0.717, 1.165) is 21.2 Å². The number of benzene rings is 3. The fraction of sp³-hybridized carbons (Fsp3) is 0.413. The summed E-state index contributed by atoms with van der Waals surface area (Å²) in [5.74, 6) is -5.73. The molecule has 5 rings (SSSR count). The van der Waals surface area contributed by atoms with Crippen molar-refractivity contribution >= 4 is 29.6 Å². The van der Waals surface area contributed by atoms with E-state index in [-0.39, 0.29) is 78.3 Å². The number of rotatable bonds is 16. The van der Waals surface area contributed by atoms with Gasteiger partial charge >= 0.3 is 5.97 Å². The van der Waals surface area contributed by atoms with Crippen molar-refractivity contribution in [2.24, 2.45) is 17.2 Å². The largest absolute Gasteiger partial charge is 0.504 e. The molecule has 21 nitrogen and oxygen atoms in total. The lowest BCUT2D eigenvalue weighted by atomic mass is 9.87. The smallest absolute Gasteiger partial charge is 0.326 e. The zero-order valence-corrected chi connectivity index (χ0v) is 37.9. The summed E-state index contributed by atoms with van der Waals surface area (Å²) in [6, 6.07) is 9.33. The number of carboxylic acid groups (broad SMARTS) is 1. The van der Waals surface area contributed by atoms with E-state index >= 15 is 0 Å². The summed E-state index contributed by atoms with van der Waals surface area (Å²) in [4.78, 5) is 83.1. The maximum absolute atomic E-state index is 14.6. The molecule has 360 valence electrons. The van der Waals surface area contributed by atoms with E-state index in [4.69, 9.17) is 26.7 Å². The number of phenolic OH excluding ortho intramolecular Hbond substituents is 1. The lowest BCUT2D eigenvalue weighted by Crippen LogP contribution is -2.55. The number of hydrogen-bond acceptors (Lipinski definition) is 15. The lowest BCUT2D eigenvalue weighted by molar-refractivity contribution is -0.143. The molecule has 0 fully saturated rings. The molecule has 4 bridgehead atoms. The van der Waals surface area contributed by atoms with Crippen LogP contribution in [0, 0.1) is 0 Å². The highest BCUT2D eigenvalue weighted by Crippen LogP contribution is 2.45. The highest BCUT2D eigenvalue weighted by molar-refractivity contribution is 5.99. The first-order valence-electron chi connectivity index (χ1n) is 21.5. The van der Waals surface area contributed by atoms with E-state index in [1.807, 2.05) is 12.1 Å². The molecule has 0 saturated carbocycles. The van der Waals surface area contributed by atoms with E-state index in [2.05, 4.69) is 41.8 Å². The molecule has 1 aliphatic rings. The molecule has 1 aliphatic heterocycles. The molecule has 0 unspecified atom stereocenters. The highest BCUT2D eigenvalue weighted by atomic mass is 16.5. The van der Waals surface area contributed by atoms with Crippen LogP contribution >= 0.6 is 0 Å². The van der Waals surface area contributed by atoms with Crippen molar-refractivity contribution in [1.29, 1.82) is 0 Å². The Labute approximate surface area is 386 Å². The van der Waals surface area contributed by atoms with E-state index < -0.39 is 83.9 Å². The second kappa shape index (κ2) is 22.1. The molecule has 3 aromatic carbocycles. The highest BCUT2D eigenvalue weighted by Gasteiger charge is 2.37. The zero-order chi connectivity index (χ0) is 49.3. The molecule has 0 spiro atoms. The number of carbonyl (C=O) groups is 5. The third-order valence-corrected chi connectivity index (χ3v) is 11.0. The number of aromatic hydroxyl groups is 1.